The van der Waals surface area contributed by atoms with Gasteiger partial charge >= 0.3 is 0 Å². The zero-order valence-corrected chi connectivity index (χ0v) is 12.7. The van der Waals surface area contributed by atoms with Crippen molar-refractivity contribution in [3.63, 3.8) is 0 Å². The van der Waals surface area contributed by atoms with Crippen molar-refractivity contribution in [3.8, 4) is 0 Å². The summed E-state index contributed by atoms with van der Waals surface area (Å²) in [5, 5.41) is 2.90. The summed E-state index contributed by atoms with van der Waals surface area (Å²) in [6, 6.07) is 15.2. The van der Waals surface area contributed by atoms with Crippen LogP contribution in [0, 0.1) is 3.57 Å². The SMILES string of the molecule is COCc1cccc(NC(=O)c2ccccc2I)c1. The maximum Gasteiger partial charge on any atom is 0.256 e. The second kappa shape index (κ2) is 6.68. The molecule has 2 aromatic rings. The molecule has 0 radical (unpaired) electrons. The zero-order valence-electron chi connectivity index (χ0n) is 10.5. The third-order valence-electron chi connectivity index (χ3n) is 2.61. The first-order chi connectivity index (χ1) is 9.20. The number of carbonyl (C=O) groups excluding carboxylic acids is 1. The molecular formula is C15H14INO2. The summed E-state index contributed by atoms with van der Waals surface area (Å²) in [6.45, 7) is 0.534. The minimum absolute atomic E-state index is 0.0976. The van der Waals surface area contributed by atoms with Crippen molar-refractivity contribution in [2.24, 2.45) is 0 Å². The van der Waals surface area contributed by atoms with Crippen LogP contribution in [0.2, 0.25) is 0 Å². The molecule has 0 saturated carbocycles. The van der Waals surface area contributed by atoms with Crippen LogP contribution in [0.1, 0.15) is 15.9 Å². The van der Waals surface area contributed by atoms with Gasteiger partial charge in [0.2, 0.25) is 0 Å². The fourth-order valence-corrected chi connectivity index (χ4v) is 2.38. The van der Waals surface area contributed by atoms with Crippen LogP contribution < -0.4 is 5.32 Å². The van der Waals surface area contributed by atoms with E-state index in [0.717, 1.165) is 14.8 Å². The van der Waals surface area contributed by atoms with Gasteiger partial charge in [-0.1, -0.05) is 24.3 Å². The highest BCUT2D eigenvalue weighted by molar-refractivity contribution is 14.1. The molecule has 1 N–H and O–H groups in total. The number of benzene rings is 2. The summed E-state index contributed by atoms with van der Waals surface area (Å²) < 4.78 is 6.01. The third kappa shape index (κ3) is 3.78. The summed E-state index contributed by atoms with van der Waals surface area (Å²) >= 11 is 2.16. The Morgan fingerprint density at radius 1 is 1.21 bits per heavy atom. The molecule has 0 spiro atoms. The van der Waals surface area contributed by atoms with Gasteiger partial charge in [0.05, 0.1) is 12.2 Å². The Balaban J connectivity index is 2.15. The lowest BCUT2D eigenvalue weighted by Crippen LogP contribution is -2.13. The van der Waals surface area contributed by atoms with Crippen molar-refractivity contribution < 1.29 is 9.53 Å². The van der Waals surface area contributed by atoms with E-state index < -0.39 is 0 Å². The Labute approximate surface area is 126 Å². The first kappa shape index (κ1) is 14.0. The summed E-state index contributed by atoms with van der Waals surface area (Å²) in [4.78, 5) is 12.2. The van der Waals surface area contributed by atoms with Gasteiger partial charge in [0.1, 0.15) is 0 Å². The summed E-state index contributed by atoms with van der Waals surface area (Å²) in [5.74, 6) is -0.0976. The van der Waals surface area contributed by atoms with Gasteiger partial charge in [-0.25, -0.2) is 0 Å². The lowest BCUT2D eigenvalue weighted by Gasteiger charge is -2.08. The molecule has 2 rings (SSSR count). The van der Waals surface area contributed by atoms with Crippen molar-refractivity contribution in [3.05, 3.63) is 63.2 Å². The van der Waals surface area contributed by atoms with E-state index >= 15 is 0 Å². The number of carbonyl (C=O) groups is 1. The molecule has 2 aromatic carbocycles. The summed E-state index contributed by atoms with van der Waals surface area (Å²) in [6.07, 6.45) is 0. The topological polar surface area (TPSA) is 38.3 Å². The number of methoxy groups -OCH3 is 1. The highest BCUT2D eigenvalue weighted by Gasteiger charge is 2.09. The van der Waals surface area contributed by atoms with Gasteiger partial charge in [-0.2, -0.15) is 0 Å². The van der Waals surface area contributed by atoms with E-state index in [2.05, 4.69) is 27.9 Å². The van der Waals surface area contributed by atoms with E-state index in [-0.39, 0.29) is 5.91 Å². The molecule has 0 fully saturated rings. The van der Waals surface area contributed by atoms with E-state index in [4.69, 9.17) is 4.74 Å². The van der Waals surface area contributed by atoms with Crippen LogP contribution in [0.25, 0.3) is 0 Å². The number of ether oxygens (including phenoxy) is 1. The number of hydrogen-bond acceptors (Lipinski definition) is 2. The number of amides is 1. The minimum Gasteiger partial charge on any atom is -0.380 e. The lowest BCUT2D eigenvalue weighted by molar-refractivity contribution is 0.102. The fraction of sp³-hybridized carbons (Fsp3) is 0.133. The lowest BCUT2D eigenvalue weighted by atomic mass is 10.2. The molecule has 0 aliphatic heterocycles. The van der Waals surface area contributed by atoms with Gasteiger partial charge in [0.15, 0.2) is 0 Å². The van der Waals surface area contributed by atoms with Gasteiger partial charge in [-0.05, 0) is 52.4 Å². The summed E-state index contributed by atoms with van der Waals surface area (Å²) in [5.41, 5.74) is 2.49. The van der Waals surface area contributed by atoms with Crippen LogP contribution in [0.4, 0.5) is 5.69 Å². The molecular weight excluding hydrogens is 353 g/mol. The molecule has 0 atom stereocenters. The first-order valence-electron chi connectivity index (χ1n) is 5.84. The Bertz CT molecular complexity index is 584. The molecule has 19 heavy (non-hydrogen) atoms. The van der Waals surface area contributed by atoms with Gasteiger partial charge in [0.25, 0.3) is 5.91 Å². The Morgan fingerprint density at radius 2 is 2.00 bits per heavy atom. The van der Waals surface area contributed by atoms with Crippen molar-refractivity contribution in [2.45, 2.75) is 6.61 Å². The Kier molecular flexibility index (Phi) is 4.93. The van der Waals surface area contributed by atoms with E-state index in [1.807, 2.05) is 48.5 Å². The molecule has 3 nitrogen and oxygen atoms in total. The average Bonchev–Trinajstić information content (AvgIpc) is 2.40. The van der Waals surface area contributed by atoms with Crippen molar-refractivity contribution in [2.75, 3.05) is 12.4 Å². The molecule has 0 saturated heterocycles. The molecule has 0 unspecified atom stereocenters. The van der Waals surface area contributed by atoms with E-state index in [1.165, 1.54) is 0 Å². The van der Waals surface area contributed by atoms with Crippen molar-refractivity contribution in [1.29, 1.82) is 0 Å². The number of anilines is 1. The standard InChI is InChI=1S/C15H14INO2/c1-19-10-11-5-4-6-12(9-11)17-15(18)13-7-2-3-8-14(13)16/h2-9H,10H2,1H3,(H,17,18). The largest absolute Gasteiger partial charge is 0.380 e. The quantitative estimate of drug-likeness (QED) is 0.838. The number of halogens is 1. The Morgan fingerprint density at radius 3 is 2.74 bits per heavy atom. The molecule has 0 bridgehead atoms. The molecule has 0 aliphatic carbocycles. The van der Waals surface area contributed by atoms with Gasteiger partial charge < -0.3 is 10.1 Å². The molecule has 0 aliphatic rings. The normalized spacial score (nSPS) is 10.2. The molecule has 0 aromatic heterocycles. The monoisotopic (exact) mass is 367 g/mol. The van der Waals surface area contributed by atoms with Crippen LogP contribution in [0.5, 0.6) is 0 Å². The smallest absolute Gasteiger partial charge is 0.256 e. The van der Waals surface area contributed by atoms with Crippen LogP contribution in [-0.2, 0) is 11.3 Å². The number of nitrogens with one attached hydrogen (secondary N) is 1. The third-order valence-corrected chi connectivity index (χ3v) is 3.56. The van der Waals surface area contributed by atoms with Gasteiger partial charge in [-0.3, -0.25) is 4.79 Å². The van der Waals surface area contributed by atoms with Crippen molar-refractivity contribution >= 4 is 34.2 Å². The van der Waals surface area contributed by atoms with Crippen LogP contribution in [-0.4, -0.2) is 13.0 Å². The van der Waals surface area contributed by atoms with E-state index in [9.17, 15) is 4.79 Å². The maximum absolute atomic E-state index is 12.2. The fourth-order valence-electron chi connectivity index (χ4n) is 1.75. The molecule has 98 valence electrons. The summed E-state index contributed by atoms with van der Waals surface area (Å²) in [7, 11) is 1.65. The maximum atomic E-state index is 12.2. The molecule has 0 heterocycles. The molecule has 1 amide bonds. The van der Waals surface area contributed by atoms with Gasteiger partial charge in [0, 0.05) is 16.4 Å². The first-order valence-corrected chi connectivity index (χ1v) is 6.92. The van der Waals surface area contributed by atoms with Crippen molar-refractivity contribution in [1.82, 2.24) is 0 Å². The number of rotatable bonds is 4. The minimum atomic E-state index is -0.0976. The van der Waals surface area contributed by atoms with E-state index in [1.54, 1.807) is 7.11 Å². The van der Waals surface area contributed by atoms with Gasteiger partial charge in [-0.15, -0.1) is 0 Å². The predicted molar refractivity (Wildman–Crippen MR) is 84.3 cm³/mol. The van der Waals surface area contributed by atoms with Crippen LogP contribution in [0.15, 0.2) is 48.5 Å². The zero-order chi connectivity index (χ0) is 13.7. The highest BCUT2D eigenvalue weighted by atomic mass is 127. The predicted octanol–water partition coefficient (Wildman–Crippen LogP) is 3.69. The van der Waals surface area contributed by atoms with Crippen LogP contribution >= 0.6 is 22.6 Å². The second-order valence-electron chi connectivity index (χ2n) is 4.07. The Hall–Kier alpha value is -1.40. The number of hydrogen-bond donors (Lipinski definition) is 1. The van der Waals surface area contributed by atoms with E-state index in [0.29, 0.717) is 12.2 Å². The van der Waals surface area contributed by atoms with Crippen LogP contribution in [0.3, 0.4) is 0 Å². The second-order valence-corrected chi connectivity index (χ2v) is 5.23. The highest BCUT2D eigenvalue weighted by Crippen LogP contribution is 2.16. The molecule has 4 heteroatoms. The average molecular weight is 367 g/mol.